The Labute approximate surface area is 126 Å². The fourth-order valence-corrected chi connectivity index (χ4v) is 2.87. The molecule has 1 aromatic carbocycles. The molecule has 0 aliphatic rings. The van der Waals surface area contributed by atoms with Gasteiger partial charge in [0.1, 0.15) is 0 Å². The van der Waals surface area contributed by atoms with Gasteiger partial charge in [-0.05, 0) is 44.4 Å². The van der Waals surface area contributed by atoms with Crippen molar-refractivity contribution in [1.82, 2.24) is 4.98 Å². The summed E-state index contributed by atoms with van der Waals surface area (Å²) in [5.41, 5.74) is 1.34. The molecule has 6 heteroatoms. The van der Waals surface area contributed by atoms with Crippen molar-refractivity contribution in [2.24, 2.45) is 0 Å². The second-order valence-electron chi connectivity index (χ2n) is 4.00. The Morgan fingerprint density at radius 2 is 2.10 bits per heavy atom. The summed E-state index contributed by atoms with van der Waals surface area (Å²) in [5.74, 6) is -0.368. The van der Waals surface area contributed by atoms with E-state index in [0.29, 0.717) is 17.4 Å². The molecule has 0 aliphatic heterocycles. The minimum Gasteiger partial charge on any atom is -0.461 e. The molecule has 1 N–H and O–H groups in total. The number of thioether (sulfide) groups is 1. The van der Waals surface area contributed by atoms with Crippen LogP contribution in [0.4, 0.5) is 10.8 Å². The Bertz CT molecular complexity index is 594. The molecule has 20 heavy (non-hydrogen) atoms. The van der Waals surface area contributed by atoms with Crippen LogP contribution in [0.15, 0.2) is 29.2 Å². The summed E-state index contributed by atoms with van der Waals surface area (Å²) in [5, 5.41) is 3.90. The maximum absolute atomic E-state index is 11.7. The van der Waals surface area contributed by atoms with Gasteiger partial charge in [-0.1, -0.05) is 0 Å². The number of aromatic nitrogens is 1. The molecular weight excluding hydrogens is 292 g/mol. The van der Waals surface area contributed by atoms with E-state index in [2.05, 4.69) is 10.3 Å². The topological polar surface area (TPSA) is 51.2 Å². The van der Waals surface area contributed by atoms with Crippen molar-refractivity contribution >= 4 is 39.9 Å². The number of thiazole rings is 1. The lowest BCUT2D eigenvalue weighted by atomic mass is 10.3. The fourth-order valence-electron chi connectivity index (χ4n) is 1.64. The van der Waals surface area contributed by atoms with E-state index in [4.69, 9.17) is 4.74 Å². The van der Waals surface area contributed by atoms with Crippen molar-refractivity contribution in [3.05, 3.63) is 34.8 Å². The first kappa shape index (κ1) is 14.9. The number of carbonyl (C=O) groups is 1. The third kappa shape index (κ3) is 3.52. The molecule has 2 aromatic rings. The van der Waals surface area contributed by atoms with Gasteiger partial charge in [0.2, 0.25) is 0 Å². The number of hydrogen-bond donors (Lipinski definition) is 1. The number of hydrogen-bond acceptors (Lipinski definition) is 6. The van der Waals surface area contributed by atoms with E-state index in [0.717, 1.165) is 10.6 Å². The van der Waals surface area contributed by atoms with E-state index < -0.39 is 0 Å². The van der Waals surface area contributed by atoms with Gasteiger partial charge in [0, 0.05) is 15.5 Å². The first-order valence-electron chi connectivity index (χ1n) is 6.19. The summed E-state index contributed by atoms with van der Waals surface area (Å²) in [6.07, 6.45) is 2.04. The molecule has 2 rings (SSSR count). The van der Waals surface area contributed by atoms with Crippen LogP contribution < -0.4 is 5.32 Å². The average Bonchev–Trinajstić information content (AvgIpc) is 2.81. The summed E-state index contributed by atoms with van der Waals surface area (Å²) in [6.45, 7) is 4.01. The van der Waals surface area contributed by atoms with Crippen LogP contribution in [0.3, 0.4) is 0 Å². The zero-order chi connectivity index (χ0) is 14.5. The van der Waals surface area contributed by atoms with Gasteiger partial charge in [0.25, 0.3) is 0 Å². The number of anilines is 2. The lowest BCUT2D eigenvalue weighted by Crippen LogP contribution is -2.06. The standard InChI is InChI=1S/C14H16N2O2S2/c1-4-18-13(17)12-9(2)20-14(16-12)15-10-5-7-11(19-3)8-6-10/h5-8H,4H2,1-3H3,(H,15,16). The van der Waals surface area contributed by atoms with Crippen molar-refractivity contribution in [3.8, 4) is 0 Å². The van der Waals surface area contributed by atoms with E-state index >= 15 is 0 Å². The normalized spacial score (nSPS) is 10.3. The summed E-state index contributed by atoms with van der Waals surface area (Å²) >= 11 is 3.14. The molecule has 0 saturated carbocycles. The predicted octanol–water partition coefficient (Wildman–Crippen LogP) is 4.09. The van der Waals surface area contributed by atoms with E-state index in [1.807, 2.05) is 37.4 Å². The Morgan fingerprint density at radius 3 is 2.70 bits per heavy atom. The third-order valence-electron chi connectivity index (χ3n) is 2.61. The van der Waals surface area contributed by atoms with Crippen molar-refractivity contribution < 1.29 is 9.53 Å². The van der Waals surface area contributed by atoms with Crippen LogP contribution in [0.25, 0.3) is 0 Å². The third-order valence-corrected chi connectivity index (χ3v) is 4.24. The van der Waals surface area contributed by atoms with Crippen LogP contribution >= 0.6 is 23.1 Å². The maximum Gasteiger partial charge on any atom is 0.358 e. The number of nitrogens with one attached hydrogen (secondary N) is 1. The smallest absolute Gasteiger partial charge is 0.358 e. The Kier molecular flexibility index (Phi) is 5.03. The molecular formula is C14H16N2O2S2. The number of rotatable bonds is 5. The van der Waals surface area contributed by atoms with Crippen molar-refractivity contribution in [2.45, 2.75) is 18.7 Å². The van der Waals surface area contributed by atoms with Gasteiger partial charge in [0.05, 0.1) is 6.61 Å². The van der Waals surface area contributed by atoms with Crippen molar-refractivity contribution in [1.29, 1.82) is 0 Å². The Hall–Kier alpha value is -1.53. The molecule has 1 aromatic heterocycles. The van der Waals surface area contributed by atoms with Gasteiger partial charge in [-0.2, -0.15) is 0 Å². The van der Waals surface area contributed by atoms with Crippen molar-refractivity contribution in [2.75, 3.05) is 18.2 Å². The number of esters is 1. The molecule has 0 fully saturated rings. The molecule has 4 nitrogen and oxygen atoms in total. The second kappa shape index (κ2) is 6.76. The van der Waals surface area contributed by atoms with E-state index in [1.54, 1.807) is 18.7 Å². The van der Waals surface area contributed by atoms with Crippen LogP contribution in [-0.4, -0.2) is 23.8 Å². The molecule has 0 atom stereocenters. The highest BCUT2D eigenvalue weighted by Gasteiger charge is 2.16. The van der Waals surface area contributed by atoms with Crippen LogP contribution in [-0.2, 0) is 4.74 Å². The molecule has 0 saturated heterocycles. The predicted molar refractivity (Wildman–Crippen MR) is 84.3 cm³/mol. The summed E-state index contributed by atoms with van der Waals surface area (Å²) in [7, 11) is 0. The summed E-state index contributed by atoms with van der Waals surface area (Å²) in [6, 6.07) is 8.07. The quantitative estimate of drug-likeness (QED) is 0.666. The van der Waals surface area contributed by atoms with Gasteiger partial charge >= 0.3 is 5.97 Å². The SMILES string of the molecule is CCOC(=O)c1nc(Nc2ccc(SC)cc2)sc1C. The van der Waals surface area contributed by atoms with Gasteiger partial charge in [0.15, 0.2) is 10.8 Å². The number of nitrogens with zero attached hydrogens (tertiary/aromatic N) is 1. The minimum atomic E-state index is -0.368. The highest BCUT2D eigenvalue weighted by molar-refractivity contribution is 7.98. The molecule has 106 valence electrons. The Morgan fingerprint density at radius 1 is 1.40 bits per heavy atom. The van der Waals surface area contributed by atoms with Crippen LogP contribution in [0.5, 0.6) is 0 Å². The summed E-state index contributed by atoms with van der Waals surface area (Å²) < 4.78 is 4.98. The first-order chi connectivity index (χ1) is 9.63. The molecule has 0 amide bonds. The number of aryl methyl sites for hydroxylation is 1. The van der Waals surface area contributed by atoms with E-state index in [9.17, 15) is 4.79 Å². The molecule has 0 unspecified atom stereocenters. The monoisotopic (exact) mass is 308 g/mol. The molecule has 0 aliphatic carbocycles. The minimum absolute atomic E-state index is 0.356. The summed E-state index contributed by atoms with van der Waals surface area (Å²) in [4.78, 5) is 18.1. The number of ether oxygens (including phenoxy) is 1. The highest BCUT2D eigenvalue weighted by atomic mass is 32.2. The van der Waals surface area contributed by atoms with Gasteiger partial charge in [-0.15, -0.1) is 23.1 Å². The largest absolute Gasteiger partial charge is 0.461 e. The van der Waals surface area contributed by atoms with Crippen molar-refractivity contribution in [3.63, 3.8) is 0 Å². The molecule has 0 radical (unpaired) electrons. The number of benzene rings is 1. The van der Waals surface area contributed by atoms with Crippen LogP contribution in [0.2, 0.25) is 0 Å². The molecule has 0 bridgehead atoms. The number of carbonyl (C=O) groups excluding carboxylic acids is 1. The van der Waals surface area contributed by atoms with E-state index in [1.165, 1.54) is 16.2 Å². The first-order valence-corrected chi connectivity index (χ1v) is 8.23. The van der Waals surface area contributed by atoms with E-state index in [-0.39, 0.29) is 5.97 Å². The van der Waals surface area contributed by atoms with Gasteiger partial charge < -0.3 is 10.1 Å². The van der Waals surface area contributed by atoms with Crippen LogP contribution in [0, 0.1) is 6.92 Å². The van der Waals surface area contributed by atoms with Gasteiger partial charge in [-0.25, -0.2) is 9.78 Å². The average molecular weight is 308 g/mol. The fraction of sp³-hybridized carbons (Fsp3) is 0.286. The van der Waals surface area contributed by atoms with Crippen LogP contribution in [0.1, 0.15) is 22.3 Å². The molecule has 1 heterocycles. The zero-order valence-electron chi connectivity index (χ0n) is 11.6. The van der Waals surface area contributed by atoms with Gasteiger partial charge in [-0.3, -0.25) is 0 Å². The lowest BCUT2D eigenvalue weighted by molar-refractivity contribution is 0.0519. The highest BCUT2D eigenvalue weighted by Crippen LogP contribution is 2.26. The Balaban J connectivity index is 2.13. The maximum atomic E-state index is 11.7. The second-order valence-corrected chi connectivity index (χ2v) is 6.08. The lowest BCUT2D eigenvalue weighted by Gasteiger charge is -2.03. The zero-order valence-corrected chi connectivity index (χ0v) is 13.2. The molecule has 0 spiro atoms.